The van der Waals surface area contributed by atoms with Crippen LogP contribution in [0.4, 0.5) is 13.2 Å². The van der Waals surface area contributed by atoms with Crippen molar-refractivity contribution in [2.24, 2.45) is 5.92 Å². The lowest BCUT2D eigenvalue weighted by Crippen LogP contribution is -2.34. The summed E-state index contributed by atoms with van der Waals surface area (Å²) in [7, 11) is 0. The Balaban J connectivity index is 2.40. The average Bonchev–Trinajstić information content (AvgIpc) is 2.08. The van der Waals surface area contributed by atoms with E-state index in [1.165, 1.54) is 0 Å². The predicted molar refractivity (Wildman–Crippen MR) is 43.4 cm³/mol. The SMILES string of the molecule is CCC1CCC(F)C(OC(F)F)C1. The summed E-state index contributed by atoms with van der Waals surface area (Å²) in [5, 5.41) is 0. The molecule has 1 aliphatic carbocycles. The number of alkyl halides is 3. The molecule has 0 amide bonds. The lowest BCUT2D eigenvalue weighted by molar-refractivity contribution is -0.189. The van der Waals surface area contributed by atoms with Crippen LogP contribution in [0, 0.1) is 5.92 Å². The van der Waals surface area contributed by atoms with E-state index in [0.717, 1.165) is 12.8 Å². The minimum Gasteiger partial charge on any atom is -0.317 e. The van der Waals surface area contributed by atoms with Crippen LogP contribution in [0.15, 0.2) is 0 Å². The van der Waals surface area contributed by atoms with E-state index in [4.69, 9.17) is 0 Å². The largest absolute Gasteiger partial charge is 0.345 e. The van der Waals surface area contributed by atoms with Gasteiger partial charge in [0.05, 0.1) is 6.10 Å². The molecule has 1 rings (SSSR count). The van der Waals surface area contributed by atoms with Gasteiger partial charge < -0.3 is 4.74 Å². The minimum atomic E-state index is -2.85. The van der Waals surface area contributed by atoms with Crippen LogP contribution >= 0.6 is 0 Å². The lowest BCUT2D eigenvalue weighted by Gasteiger charge is -2.30. The van der Waals surface area contributed by atoms with Gasteiger partial charge in [0, 0.05) is 0 Å². The quantitative estimate of drug-likeness (QED) is 0.673. The molecule has 0 saturated heterocycles. The molecule has 0 bridgehead atoms. The van der Waals surface area contributed by atoms with E-state index in [0.29, 0.717) is 18.8 Å². The predicted octanol–water partition coefficient (Wildman–Crippen LogP) is 3.14. The second-order valence-corrected chi connectivity index (χ2v) is 3.54. The molecule has 3 unspecified atom stereocenters. The Kier molecular flexibility index (Phi) is 4.03. The summed E-state index contributed by atoms with van der Waals surface area (Å²) in [4.78, 5) is 0. The van der Waals surface area contributed by atoms with Gasteiger partial charge >= 0.3 is 6.61 Å². The minimum absolute atomic E-state index is 0.343. The van der Waals surface area contributed by atoms with E-state index in [9.17, 15) is 13.2 Å². The van der Waals surface area contributed by atoms with Crippen LogP contribution in [0.1, 0.15) is 32.6 Å². The summed E-state index contributed by atoms with van der Waals surface area (Å²) in [5.74, 6) is 0.343. The monoisotopic (exact) mass is 196 g/mol. The van der Waals surface area contributed by atoms with Crippen molar-refractivity contribution >= 4 is 0 Å². The molecule has 4 heteroatoms. The molecular weight excluding hydrogens is 181 g/mol. The molecule has 3 atom stereocenters. The molecule has 1 fully saturated rings. The molecule has 1 saturated carbocycles. The van der Waals surface area contributed by atoms with E-state index < -0.39 is 18.9 Å². The van der Waals surface area contributed by atoms with Crippen LogP contribution in [0.5, 0.6) is 0 Å². The molecule has 0 aromatic rings. The first-order valence-electron chi connectivity index (χ1n) is 4.71. The van der Waals surface area contributed by atoms with Gasteiger partial charge in [0.25, 0.3) is 0 Å². The Labute approximate surface area is 76.3 Å². The third-order valence-corrected chi connectivity index (χ3v) is 2.67. The Bertz CT molecular complexity index is 152. The van der Waals surface area contributed by atoms with Crippen LogP contribution in [-0.2, 0) is 4.74 Å². The topological polar surface area (TPSA) is 9.23 Å². The zero-order chi connectivity index (χ0) is 9.84. The van der Waals surface area contributed by atoms with Gasteiger partial charge in [0.1, 0.15) is 6.17 Å². The van der Waals surface area contributed by atoms with Gasteiger partial charge in [0.15, 0.2) is 0 Å². The van der Waals surface area contributed by atoms with Gasteiger partial charge in [-0.2, -0.15) is 8.78 Å². The molecule has 0 aromatic carbocycles. The summed E-state index contributed by atoms with van der Waals surface area (Å²) >= 11 is 0. The van der Waals surface area contributed by atoms with Crippen LogP contribution in [0.3, 0.4) is 0 Å². The first-order chi connectivity index (χ1) is 6.13. The van der Waals surface area contributed by atoms with Crippen molar-refractivity contribution in [2.75, 3.05) is 0 Å². The number of hydrogen-bond donors (Lipinski definition) is 0. The van der Waals surface area contributed by atoms with Crippen molar-refractivity contribution in [2.45, 2.75) is 51.5 Å². The van der Waals surface area contributed by atoms with E-state index in [1.54, 1.807) is 0 Å². The number of halogens is 3. The highest BCUT2D eigenvalue weighted by Crippen LogP contribution is 2.31. The fourth-order valence-corrected chi connectivity index (χ4v) is 1.82. The summed E-state index contributed by atoms with van der Waals surface area (Å²) < 4.78 is 41.0. The highest BCUT2D eigenvalue weighted by atomic mass is 19.3. The van der Waals surface area contributed by atoms with Crippen LogP contribution in [0.25, 0.3) is 0 Å². The molecular formula is C9H15F3O. The van der Waals surface area contributed by atoms with Crippen LogP contribution in [0.2, 0.25) is 0 Å². The van der Waals surface area contributed by atoms with E-state index in [2.05, 4.69) is 4.74 Å². The smallest absolute Gasteiger partial charge is 0.317 e. The van der Waals surface area contributed by atoms with E-state index in [1.807, 2.05) is 6.92 Å². The molecule has 0 spiro atoms. The Morgan fingerprint density at radius 3 is 2.62 bits per heavy atom. The van der Waals surface area contributed by atoms with Crippen LogP contribution < -0.4 is 0 Å². The van der Waals surface area contributed by atoms with E-state index in [-0.39, 0.29) is 0 Å². The maximum absolute atomic E-state index is 13.1. The number of ether oxygens (including phenoxy) is 1. The van der Waals surface area contributed by atoms with Crippen molar-refractivity contribution in [1.29, 1.82) is 0 Å². The molecule has 0 radical (unpaired) electrons. The van der Waals surface area contributed by atoms with Crippen LogP contribution in [-0.4, -0.2) is 18.9 Å². The summed E-state index contributed by atoms with van der Waals surface area (Å²) in [5.41, 5.74) is 0. The first kappa shape index (κ1) is 10.8. The van der Waals surface area contributed by atoms with Gasteiger partial charge in [-0.15, -0.1) is 0 Å². The average molecular weight is 196 g/mol. The fraction of sp³-hybridized carbons (Fsp3) is 1.00. The molecule has 0 heterocycles. The second-order valence-electron chi connectivity index (χ2n) is 3.54. The maximum atomic E-state index is 13.1. The van der Waals surface area contributed by atoms with Gasteiger partial charge in [-0.05, 0) is 25.2 Å². The third kappa shape index (κ3) is 3.18. The number of hydrogen-bond acceptors (Lipinski definition) is 1. The van der Waals surface area contributed by atoms with Crippen molar-refractivity contribution in [3.8, 4) is 0 Å². The van der Waals surface area contributed by atoms with Gasteiger partial charge in [0.2, 0.25) is 0 Å². The Morgan fingerprint density at radius 1 is 1.38 bits per heavy atom. The first-order valence-corrected chi connectivity index (χ1v) is 4.71. The van der Waals surface area contributed by atoms with Crippen molar-refractivity contribution < 1.29 is 17.9 Å². The lowest BCUT2D eigenvalue weighted by atomic mass is 9.84. The standard InChI is InChI=1S/C9H15F3O/c1-2-6-3-4-7(10)8(5-6)13-9(11)12/h6-9H,2-5H2,1H3. The summed E-state index contributed by atoms with van der Waals surface area (Å²) in [6, 6.07) is 0. The fourth-order valence-electron chi connectivity index (χ4n) is 1.82. The molecule has 0 aromatic heterocycles. The molecule has 1 nitrogen and oxygen atoms in total. The Morgan fingerprint density at radius 2 is 2.08 bits per heavy atom. The van der Waals surface area contributed by atoms with Crippen molar-refractivity contribution in [3.05, 3.63) is 0 Å². The van der Waals surface area contributed by atoms with E-state index >= 15 is 0 Å². The van der Waals surface area contributed by atoms with Gasteiger partial charge in [-0.25, -0.2) is 4.39 Å². The highest BCUT2D eigenvalue weighted by Gasteiger charge is 2.32. The van der Waals surface area contributed by atoms with Crippen molar-refractivity contribution in [3.63, 3.8) is 0 Å². The summed E-state index contributed by atoms with van der Waals surface area (Å²) in [6.45, 7) is -0.860. The molecule has 0 aliphatic heterocycles. The summed E-state index contributed by atoms with van der Waals surface area (Å²) in [6.07, 6.45) is 0.393. The number of rotatable bonds is 3. The highest BCUT2D eigenvalue weighted by molar-refractivity contribution is 4.80. The third-order valence-electron chi connectivity index (χ3n) is 2.67. The Hall–Kier alpha value is -0.250. The zero-order valence-electron chi connectivity index (χ0n) is 7.68. The second kappa shape index (κ2) is 4.84. The normalized spacial score (nSPS) is 35.3. The maximum Gasteiger partial charge on any atom is 0.345 e. The molecule has 1 aliphatic rings. The molecule has 0 N–H and O–H groups in total. The van der Waals surface area contributed by atoms with Crippen molar-refractivity contribution in [1.82, 2.24) is 0 Å². The van der Waals surface area contributed by atoms with Gasteiger partial charge in [-0.1, -0.05) is 13.3 Å². The zero-order valence-corrected chi connectivity index (χ0v) is 7.68. The molecule has 13 heavy (non-hydrogen) atoms. The van der Waals surface area contributed by atoms with Gasteiger partial charge in [-0.3, -0.25) is 0 Å². The molecule has 78 valence electrons.